The van der Waals surface area contributed by atoms with E-state index in [2.05, 4.69) is 56.7 Å². The molecule has 3 aromatic rings. The van der Waals surface area contributed by atoms with Crippen molar-refractivity contribution >= 4 is 11.0 Å². The summed E-state index contributed by atoms with van der Waals surface area (Å²) in [5, 5.41) is 3.90. The van der Waals surface area contributed by atoms with Gasteiger partial charge < -0.3 is 9.09 Å². The smallest absolute Gasteiger partial charge is 0.243 e. The zero-order valence-electron chi connectivity index (χ0n) is 15.0. The lowest BCUT2D eigenvalue weighted by atomic mass is 10.2. The molecule has 25 heavy (non-hydrogen) atoms. The maximum Gasteiger partial charge on any atom is 0.243 e. The van der Waals surface area contributed by atoms with Crippen molar-refractivity contribution in [3.8, 4) is 0 Å². The minimum Gasteiger partial charge on any atom is -0.338 e. The third-order valence-corrected chi connectivity index (χ3v) is 5.10. The number of aromatic nitrogens is 4. The first-order valence-electron chi connectivity index (χ1n) is 8.79. The molecule has 0 spiro atoms. The number of benzene rings is 1. The van der Waals surface area contributed by atoms with Gasteiger partial charge in [0, 0.05) is 33.2 Å². The number of aryl methyl sites for hydroxylation is 2. The third kappa shape index (κ3) is 3.17. The van der Waals surface area contributed by atoms with E-state index >= 15 is 0 Å². The van der Waals surface area contributed by atoms with Crippen LogP contribution in [0.15, 0.2) is 28.8 Å². The van der Waals surface area contributed by atoms with Crippen molar-refractivity contribution in [2.24, 2.45) is 7.05 Å². The van der Waals surface area contributed by atoms with Crippen molar-refractivity contribution in [1.29, 1.82) is 0 Å². The summed E-state index contributed by atoms with van der Waals surface area (Å²) >= 11 is 0. The molecule has 0 radical (unpaired) electrons. The molecule has 132 valence electrons. The van der Waals surface area contributed by atoms with Crippen LogP contribution in [-0.2, 0) is 13.6 Å². The Morgan fingerprint density at radius 2 is 1.88 bits per heavy atom. The molecule has 3 heterocycles. The van der Waals surface area contributed by atoms with Crippen molar-refractivity contribution in [3.63, 3.8) is 0 Å². The Kier molecular flexibility index (Phi) is 4.27. The van der Waals surface area contributed by atoms with Gasteiger partial charge in [0.05, 0.1) is 23.6 Å². The summed E-state index contributed by atoms with van der Waals surface area (Å²) in [4.78, 5) is 14.0. The van der Waals surface area contributed by atoms with Crippen LogP contribution in [0.5, 0.6) is 0 Å². The molecule has 0 aliphatic carbocycles. The average molecular weight is 340 g/mol. The molecule has 1 aliphatic heterocycles. The van der Waals surface area contributed by atoms with E-state index in [-0.39, 0.29) is 6.04 Å². The molecule has 4 rings (SSSR count). The van der Waals surface area contributed by atoms with Crippen LogP contribution in [0, 0.1) is 6.92 Å². The summed E-state index contributed by atoms with van der Waals surface area (Å²) in [5.74, 6) is 2.53. The first-order valence-corrected chi connectivity index (χ1v) is 8.79. The molecule has 1 aromatic carbocycles. The predicted octanol–water partition coefficient (Wildman–Crippen LogP) is 2.14. The van der Waals surface area contributed by atoms with Crippen LogP contribution in [0.2, 0.25) is 0 Å². The van der Waals surface area contributed by atoms with E-state index in [4.69, 9.17) is 9.51 Å². The number of nitrogens with zero attached hydrogens (tertiary/aromatic N) is 6. The van der Waals surface area contributed by atoms with Gasteiger partial charge in [-0.15, -0.1) is 0 Å². The fraction of sp³-hybridized carbons (Fsp3) is 0.500. The van der Waals surface area contributed by atoms with E-state index < -0.39 is 0 Å². The average Bonchev–Trinajstić information content (AvgIpc) is 3.20. The van der Waals surface area contributed by atoms with Gasteiger partial charge in [-0.3, -0.25) is 9.80 Å². The molecule has 1 fully saturated rings. The molecule has 1 atom stereocenters. The van der Waals surface area contributed by atoms with Gasteiger partial charge in [0.15, 0.2) is 5.82 Å². The zero-order valence-corrected chi connectivity index (χ0v) is 15.0. The van der Waals surface area contributed by atoms with Gasteiger partial charge in [-0.25, -0.2) is 4.98 Å². The molecule has 0 amide bonds. The Labute approximate surface area is 147 Å². The highest BCUT2D eigenvalue weighted by molar-refractivity contribution is 5.75. The number of hydrogen-bond acceptors (Lipinski definition) is 6. The fourth-order valence-electron chi connectivity index (χ4n) is 3.48. The summed E-state index contributed by atoms with van der Waals surface area (Å²) in [6.45, 7) is 8.88. The largest absolute Gasteiger partial charge is 0.338 e. The minimum absolute atomic E-state index is 0.166. The molecule has 7 heteroatoms. The van der Waals surface area contributed by atoms with Crippen molar-refractivity contribution in [2.45, 2.75) is 26.4 Å². The van der Waals surface area contributed by atoms with Crippen LogP contribution in [0.1, 0.15) is 30.5 Å². The Morgan fingerprint density at radius 1 is 1.12 bits per heavy atom. The lowest BCUT2D eigenvalue weighted by Gasteiger charge is -2.36. The van der Waals surface area contributed by atoms with Crippen LogP contribution in [-0.4, -0.2) is 55.7 Å². The molecule has 1 unspecified atom stereocenters. The molecule has 1 saturated heterocycles. The van der Waals surface area contributed by atoms with E-state index in [1.54, 1.807) is 0 Å². The number of hydrogen-bond donors (Lipinski definition) is 0. The number of rotatable bonds is 4. The molecule has 2 aromatic heterocycles. The summed E-state index contributed by atoms with van der Waals surface area (Å²) in [5.41, 5.74) is 2.26. The van der Waals surface area contributed by atoms with Crippen LogP contribution in [0.4, 0.5) is 0 Å². The Morgan fingerprint density at radius 3 is 2.56 bits per heavy atom. The SMILES string of the molecule is Cc1noc(C(C)N2CCN(Cc3nc4ccccc4n3C)CC2)n1. The third-order valence-electron chi connectivity index (χ3n) is 5.10. The number of piperazine rings is 1. The van der Waals surface area contributed by atoms with Gasteiger partial charge in [-0.2, -0.15) is 4.98 Å². The van der Waals surface area contributed by atoms with Crippen molar-refractivity contribution in [3.05, 3.63) is 41.8 Å². The second kappa shape index (κ2) is 6.57. The fourth-order valence-corrected chi connectivity index (χ4v) is 3.48. The Balaban J connectivity index is 1.39. The summed E-state index contributed by atoms with van der Waals surface area (Å²) in [6.07, 6.45) is 0. The van der Waals surface area contributed by atoms with Crippen LogP contribution in [0.25, 0.3) is 11.0 Å². The van der Waals surface area contributed by atoms with Crippen LogP contribution < -0.4 is 0 Å². The predicted molar refractivity (Wildman–Crippen MR) is 95.0 cm³/mol. The lowest BCUT2D eigenvalue weighted by Crippen LogP contribution is -2.46. The van der Waals surface area contributed by atoms with E-state index in [0.29, 0.717) is 11.7 Å². The summed E-state index contributed by atoms with van der Waals surface area (Å²) < 4.78 is 7.52. The van der Waals surface area contributed by atoms with E-state index in [1.165, 1.54) is 5.52 Å². The Hall–Kier alpha value is -2.25. The molecule has 7 nitrogen and oxygen atoms in total. The van der Waals surface area contributed by atoms with Gasteiger partial charge in [-0.1, -0.05) is 17.3 Å². The van der Waals surface area contributed by atoms with Gasteiger partial charge in [0.25, 0.3) is 0 Å². The van der Waals surface area contributed by atoms with E-state index in [1.807, 2.05) is 13.0 Å². The monoisotopic (exact) mass is 340 g/mol. The second-order valence-corrected chi connectivity index (χ2v) is 6.74. The minimum atomic E-state index is 0.166. The van der Waals surface area contributed by atoms with E-state index in [9.17, 15) is 0 Å². The normalized spacial score (nSPS) is 18.0. The summed E-state index contributed by atoms with van der Waals surface area (Å²) in [7, 11) is 2.10. The standard InChI is InChI=1S/C18H24N6O/c1-13(18-19-14(2)21-25-18)24-10-8-23(9-11-24)12-17-20-15-6-4-5-7-16(15)22(17)3/h4-7,13H,8-12H2,1-3H3. The highest BCUT2D eigenvalue weighted by Gasteiger charge is 2.26. The van der Waals surface area contributed by atoms with Gasteiger partial charge in [0.2, 0.25) is 5.89 Å². The maximum absolute atomic E-state index is 5.32. The lowest BCUT2D eigenvalue weighted by molar-refractivity contribution is 0.0828. The van der Waals surface area contributed by atoms with Crippen LogP contribution in [0.3, 0.4) is 0 Å². The quantitative estimate of drug-likeness (QED) is 0.725. The van der Waals surface area contributed by atoms with Gasteiger partial charge >= 0.3 is 0 Å². The van der Waals surface area contributed by atoms with Gasteiger partial charge in [-0.05, 0) is 26.0 Å². The van der Waals surface area contributed by atoms with Crippen molar-refractivity contribution in [2.75, 3.05) is 26.2 Å². The van der Waals surface area contributed by atoms with Crippen molar-refractivity contribution in [1.82, 2.24) is 29.5 Å². The van der Waals surface area contributed by atoms with E-state index in [0.717, 1.165) is 44.1 Å². The number of para-hydroxylation sites is 2. The summed E-state index contributed by atoms with van der Waals surface area (Å²) in [6, 6.07) is 8.47. The maximum atomic E-state index is 5.32. The zero-order chi connectivity index (χ0) is 17.4. The highest BCUT2D eigenvalue weighted by atomic mass is 16.5. The molecule has 1 aliphatic rings. The highest BCUT2D eigenvalue weighted by Crippen LogP contribution is 2.21. The topological polar surface area (TPSA) is 63.2 Å². The molecular formula is C18H24N6O. The molecule has 0 saturated carbocycles. The Bertz CT molecular complexity index is 861. The first kappa shape index (κ1) is 16.2. The van der Waals surface area contributed by atoms with Crippen molar-refractivity contribution < 1.29 is 4.52 Å². The number of imidazole rings is 1. The molecule has 0 N–H and O–H groups in total. The molecule has 0 bridgehead atoms. The molecular weight excluding hydrogens is 316 g/mol. The second-order valence-electron chi connectivity index (χ2n) is 6.74. The van der Waals surface area contributed by atoms with Gasteiger partial charge in [0.1, 0.15) is 5.82 Å². The first-order chi connectivity index (χ1) is 12.1. The van der Waals surface area contributed by atoms with Crippen LogP contribution >= 0.6 is 0 Å². The number of fused-ring (bicyclic) bond motifs is 1.